The van der Waals surface area contributed by atoms with E-state index >= 15 is 0 Å². The van der Waals surface area contributed by atoms with Crippen LogP contribution in [-0.2, 0) is 0 Å². The first-order valence-electron chi connectivity index (χ1n) is 7.09. The fourth-order valence-corrected chi connectivity index (χ4v) is 2.71. The van der Waals surface area contributed by atoms with Gasteiger partial charge in [0, 0.05) is 6.54 Å². The summed E-state index contributed by atoms with van der Waals surface area (Å²) >= 11 is 0. The smallest absolute Gasteiger partial charge is 0.309 e. The minimum absolute atomic E-state index is 0.0225. The lowest BCUT2D eigenvalue weighted by molar-refractivity contribution is -0.384. The number of nitrogens with one attached hydrogen (secondary N) is 1. The Morgan fingerprint density at radius 1 is 1.52 bits per heavy atom. The highest BCUT2D eigenvalue weighted by molar-refractivity contribution is 5.68. The number of hydrogen-bond acceptors (Lipinski definition) is 5. The molecule has 6 nitrogen and oxygen atoms in total. The summed E-state index contributed by atoms with van der Waals surface area (Å²) in [7, 11) is 0. The molecule has 1 aliphatic rings. The van der Waals surface area contributed by atoms with Gasteiger partial charge in [-0.3, -0.25) is 10.1 Å². The van der Waals surface area contributed by atoms with E-state index in [1.54, 1.807) is 12.1 Å². The molecular weight excluding hydrogens is 270 g/mol. The Balaban J connectivity index is 2.14. The number of nitro benzene ring substituents is 1. The summed E-state index contributed by atoms with van der Waals surface area (Å²) < 4.78 is 0. The van der Waals surface area contributed by atoms with Gasteiger partial charge in [-0.2, -0.15) is 5.26 Å². The maximum absolute atomic E-state index is 11.1. The Morgan fingerprint density at radius 2 is 2.19 bits per heavy atom. The number of rotatable bonds is 4. The van der Waals surface area contributed by atoms with E-state index in [-0.39, 0.29) is 23.5 Å². The third kappa shape index (κ3) is 3.50. The van der Waals surface area contributed by atoms with Gasteiger partial charge in [0.25, 0.3) is 0 Å². The minimum atomic E-state index is -0.830. The van der Waals surface area contributed by atoms with Crippen molar-refractivity contribution in [2.75, 3.05) is 11.9 Å². The average Bonchev–Trinajstić information content (AvgIpc) is 2.48. The second kappa shape index (κ2) is 6.10. The van der Waals surface area contributed by atoms with Gasteiger partial charge >= 0.3 is 5.69 Å². The van der Waals surface area contributed by atoms with Crippen LogP contribution in [0.5, 0.6) is 0 Å². The van der Waals surface area contributed by atoms with Gasteiger partial charge < -0.3 is 10.4 Å². The molecule has 0 aliphatic heterocycles. The lowest BCUT2D eigenvalue weighted by Crippen LogP contribution is -2.40. The molecule has 1 aromatic rings. The molecular formula is C15H19N3O3. The maximum atomic E-state index is 11.1. The third-order valence-corrected chi connectivity index (χ3v) is 4.15. The Bertz CT molecular complexity index is 572. The lowest BCUT2D eigenvalue weighted by Gasteiger charge is -2.35. The van der Waals surface area contributed by atoms with E-state index < -0.39 is 10.5 Å². The van der Waals surface area contributed by atoms with E-state index in [0.29, 0.717) is 18.8 Å². The molecule has 21 heavy (non-hydrogen) atoms. The van der Waals surface area contributed by atoms with Gasteiger partial charge in [0.1, 0.15) is 17.3 Å². The molecule has 1 saturated carbocycles. The number of benzene rings is 1. The van der Waals surface area contributed by atoms with Crippen molar-refractivity contribution < 1.29 is 10.0 Å². The van der Waals surface area contributed by atoms with E-state index in [9.17, 15) is 15.2 Å². The minimum Gasteiger partial charge on any atom is -0.388 e. The molecule has 2 N–H and O–H groups in total. The highest BCUT2D eigenvalue weighted by Crippen LogP contribution is 2.33. The Hall–Kier alpha value is -2.13. The van der Waals surface area contributed by atoms with Crippen molar-refractivity contribution in [1.29, 1.82) is 5.26 Å². The quantitative estimate of drug-likeness (QED) is 0.656. The van der Waals surface area contributed by atoms with Gasteiger partial charge in [-0.15, -0.1) is 0 Å². The predicted molar refractivity (Wildman–Crippen MR) is 78.9 cm³/mol. The van der Waals surface area contributed by atoms with Crippen molar-refractivity contribution in [3.05, 3.63) is 33.9 Å². The van der Waals surface area contributed by atoms with Crippen molar-refractivity contribution in [2.24, 2.45) is 5.92 Å². The van der Waals surface area contributed by atoms with Crippen LogP contribution in [0.2, 0.25) is 0 Å². The van der Waals surface area contributed by atoms with Crippen LogP contribution in [0.25, 0.3) is 0 Å². The number of nitrogens with zero attached hydrogens (tertiary/aromatic N) is 2. The predicted octanol–water partition coefficient (Wildman–Crippen LogP) is 2.82. The van der Waals surface area contributed by atoms with E-state index in [1.165, 1.54) is 6.07 Å². The van der Waals surface area contributed by atoms with Crippen LogP contribution in [0.1, 0.15) is 38.2 Å². The molecule has 0 aromatic heterocycles. The first-order chi connectivity index (χ1) is 9.95. The molecule has 1 aliphatic carbocycles. The zero-order valence-corrected chi connectivity index (χ0v) is 12.0. The van der Waals surface area contributed by atoms with Crippen LogP contribution in [0, 0.1) is 27.4 Å². The number of anilines is 1. The highest BCUT2D eigenvalue weighted by Gasteiger charge is 2.32. The lowest BCUT2D eigenvalue weighted by atomic mass is 9.79. The molecule has 6 heteroatoms. The fraction of sp³-hybridized carbons (Fsp3) is 0.533. The van der Waals surface area contributed by atoms with Gasteiger partial charge in [-0.05, 0) is 43.7 Å². The first-order valence-corrected chi connectivity index (χ1v) is 7.09. The number of nitriles is 1. The number of para-hydroxylation sites is 1. The van der Waals surface area contributed by atoms with Crippen molar-refractivity contribution in [3.63, 3.8) is 0 Å². The Labute approximate surface area is 123 Å². The van der Waals surface area contributed by atoms with Gasteiger partial charge in [0.2, 0.25) is 0 Å². The summed E-state index contributed by atoms with van der Waals surface area (Å²) in [5.41, 5.74) is -0.753. The van der Waals surface area contributed by atoms with Crippen LogP contribution in [0.4, 0.5) is 11.4 Å². The van der Waals surface area contributed by atoms with E-state index in [4.69, 9.17) is 5.26 Å². The average molecular weight is 289 g/mol. The van der Waals surface area contributed by atoms with Gasteiger partial charge in [-0.25, -0.2) is 0 Å². The maximum Gasteiger partial charge on any atom is 0.309 e. The van der Waals surface area contributed by atoms with Crippen molar-refractivity contribution in [3.8, 4) is 6.07 Å². The Kier molecular flexibility index (Phi) is 4.43. The van der Waals surface area contributed by atoms with Gasteiger partial charge in [0.15, 0.2) is 0 Å². The third-order valence-electron chi connectivity index (χ3n) is 4.15. The number of hydrogen-bond donors (Lipinski definition) is 2. The molecule has 0 unspecified atom stereocenters. The van der Waals surface area contributed by atoms with Crippen molar-refractivity contribution in [1.82, 2.24) is 0 Å². The first kappa shape index (κ1) is 15.3. The van der Waals surface area contributed by atoms with Crippen LogP contribution >= 0.6 is 0 Å². The summed E-state index contributed by atoms with van der Waals surface area (Å²) in [4.78, 5) is 10.6. The highest BCUT2D eigenvalue weighted by atomic mass is 16.6. The van der Waals surface area contributed by atoms with Crippen molar-refractivity contribution in [2.45, 2.75) is 38.2 Å². The van der Waals surface area contributed by atoms with Crippen molar-refractivity contribution >= 4 is 11.4 Å². The monoisotopic (exact) mass is 289 g/mol. The van der Waals surface area contributed by atoms with Gasteiger partial charge in [0.05, 0.1) is 10.5 Å². The van der Waals surface area contributed by atoms with E-state index in [1.807, 2.05) is 6.07 Å². The zero-order chi connectivity index (χ0) is 15.5. The molecule has 0 spiro atoms. The number of aliphatic hydroxyl groups is 1. The normalized spacial score (nSPS) is 25.1. The molecule has 0 bridgehead atoms. The van der Waals surface area contributed by atoms with Crippen LogP contribution in [-0.4, -0.2) is 22.2 Å². The molecule has 0 radical (unpaired) electrons. The van der Waals surface area contributed by atoms with Crippen LogP contribution < -0.4 is 5.32 Å². The standard InChI is InChI=1S/C15H19N3O3/c1-11-5-7-15(19,8-6-11)10-17-13-4-2-3-12(9-16)14(13)18(20)21/h2-4,11,17,19H,5-8,10H2,1H3. The topological polar surface area (TPSA) is 99.2 Å². The summed E-state index contributed by atoms with van der Waals surface area (Å²) in [6, 6.07) is 6.40. The summed E-state index contributed by atoms with van der Waals surface area (Å²) in [6.45, 7) is 2.42. The molecule has 0 saturated heterocycles. The summed E-state index contributed by atoms with van der Waals surface area (Å²) in [6.07, 6.45) is 3.29. The number of nitro groups is 1. The fourth-order valence-electron chi connectivity index (χ4n) is 2.71. The molecule has 1 aromatic carbocycles. The molecule has 112 valence electrons. The summed E-state index contributed by atoms with van der Waals surface area (Å²) in [5, 5.41) is 33.5. The molecule has 1 fully saturated rings. The molecule has 0 amide bonds. The zero-order valence-electron chi connectivity index (χ0n) is 12.0. The molecule has 0 atom stereocenters. The SMILES string of the molecule is CC1CCC(O)(CNc2cccc(C#N)c2[N+](=O)[O-])CC1. The second-order valence-corrected chi connectivity index (χ2v) is 5.83. The molecule has 0 heterocycles. The van der Waals surface area contributed by atoms with Crippen LogP contribution in [0.3, 0.4) is 0 Å². The Morgan fingerprint density at radius 3 is 2.76 bits per heavy atom. The second-order valence-electron chi connectivity index (χ2n) is 5.83. The van der Waals surface area contributed by atoms with E-state index in [0.717, 1.165) is 12.8 Å². The summed E-state index contributed by atoms with van der Waals surface area (Å²) in [5.74, 6) is 0.613. The van der Waals surface area contributed by atoms with E-state index in [2.05, 4.69) is 12.2 Å². The van der Waals surface area contributed by atoms with Crippen LogP contribution in [0.15, 0.2) is 18.2 Å². The molecule has 2 rings (SSSR count). The largest absolute Gasteiger partial charge is 0.388 e. The van der Waals surface area contributed by atoms with Gasteiger partial charge in [-0.1, -0.05) is 13.0 Å².